The predicted molar refractivity (Wildman–Crippen MR) is 72.1 cm³/mol. The first-order chi connectivity index (χ1) is 8.06. The number of fused-ring (bicyclic) bond motifs is 1. The van der Waals surface area contributed by atoms with Crippen LogP contribution in [0.5, 0.6) is 0 Å². The van der Waals surface area contributed by atoms with Gasteiger partial charge in [-0.15, -0.1) is 0 Å². The van der Waals surface area contributed by atoms with Gasteiger partial charge < -0.3 is 9.64 Å². The van der Waals surface area contributed by atoms with E-state index in [9.17, 15) is 0 Å². The second-order valence-electron chi connectivity index (χ2n) is 6.67. The SMILES string of the molecule is CC(C)OCCN1C[C@H]2C[C@H](C(C)C)C[C@H]2C1. The molecule has 2 fully saturated rings. The van der Waals surface area contributed by atoms with Gasteiger partial charge in [0.05, 0.1) is 12.7 Å². The van der Waals surface area contributed by atoms with Crippen LogP contribution in [0.3, 0.4) is 0 Å². The van der Waals surface area contributed by atoms with Crippen molar-refractivity contribution in [3.05, 3.63) is 0 Å². The molecule has 0 radical (unpaired) electrons. The van der Waals surface area contributed by atoms with E-state index in [1.165, 1.54) is 25.9 Å². The third-order valence-electron chi connectivity index (χ3n) is 4.66. The number of rotatable bonds is 5. The first kappa shape index (κ1) is 13.4. The molecule has 2 nitrogen and oxygen atoms in total. The summed E-state index contributed by atoms with van der Waals surface area (Å²) in [5.41, 5.74) is 0. The molecule has 100 valence electrons. The summed E-state index contributed by atoms with van der Waals surface area (Å²) >= 11 is 0. The van der Waals surface area contributed by atoms with Crippen LogP contribution in [0.1, 0.15) is 40.5 Å². The third kappa shape index (κ3) is 3.45. The van der Waals surface area contributed by atoms with E-state index >= 15 is 0 Å². The van der Waals surface area contributed by atoms with Crippen molar-refractivity contribution in [2.45, 2.75) is 46.6 Å². The summed E-state index contributed by atoms with van der Waals surface area (Å²) in [5, 5.41) is 0. The number of ether oxygens (including phenoxy) is 1. The van der Waals surface area contributed by atoms with Crippen molar-refractivity contribution in [1.29, 1.82) is 0 Å². The molecule has 0 unspecified atom stereocenters. The minimum atomic E-state index is 0.377. The summed E-state index contributed by atoms with van der Waals surface area (Å²) in [6.07, 6.45) is 3.33. The fourth-order valence-electron chi connectivity index (χ4n) is 3.59. The maximum Gasteiger partial charge on any atom is 0.0596 e. The quantitative estimate of drug-likeness (QED) is 0.731. The zero-order valence-corrected chi connectivity index (χ0v) is 12.0. The lowest BCUT2D eigenvalue weighted by Crippen LogP contribution is -2.27. The molecule has 17 heavy (non-hydrogen) atoms. The average molecular weight is 239 g/mol. The van der Waals surface area contributed by atoms with Crippen molar-refractivity contribution in [3.63, 3.8) is 0 Å². The minimum absolute atomic E-state index is 0.377. The lowest BCUT2D eigenvalue weighted by atomic mass is 9.93. The molecule has 3 atom stereocenters. The van der Waals surface area contributed by atoms with Gasteiger partial charge in [0.25, 0.3) is 0 Å². The van der Waals surface area contributed by atoms with Gasteiger partial charge in [0.1, 0.15) is 0 Å². The minimum Gasteiger partial charge on any atom is -0.377 e. The van der Waals surface area contributed by atoms with Crippen molar-refractivity contribution < 1.29 is 4.74 Å². The molecule has 0 amide bonds. The Morgan fingerprint density at radius 3 is 2.12 bits per heavy atom. The second-order valence-corrected chi connectivity index (χ2v) is 6.67. The second kappa shape index (κ2) is 5.71. The molecule has 1 aliphatic carbocycles. The van der Waals surface area contributed by atoms with Gasteiger partial charge in [0.15, 0.2) is 0 Å². The molecule has 0 aromatic carbocycles. The number of likely N-dealkylation sites (tertiary alicyclic amines) is 1. The molecule has 0 spiro atoms. The molecular weight excluding hydrogens is 210 g/mol. The molecule has 2 aliphatic rings. The van der Waals surface area contributed by atoms with Crippen LogP contribution in [-0.4, -0.2) is 37.2 Å². The molecule has 2 rings (SSSR count). The summed E-state index contributed by atoms with van der Waals surface area (Å²) in [7, 11) is 0. The summed E-state index contributed by atoms with van der Waals surface area (Å²) in [6, 6.07) is 0. The van der Waals surface area contributed by atoms with Crippen molar-refractivity contribution in [2.75, 3.05) is 26.2 Å². The fraction of sp³-hybridized carbons (Fsp3) is 1.00. The van der Waals surface area contributed by atoms with Gasteiger partial charge in [-0.25, -0.2) is 0 Å². The highest BCUT2D eigenvalue weighted by Crippen LogP contribution is 2.44. The highest BCUT2D eigenvalue weighted by atomic mass is 16.5. The van der Waals surface area contributed by atoms with E-state index in [0.29, 0.717) is 6.10 Å². The zero-order chi connectivity index (χ0) is 12.4. The zero-order valence-electron chi connectivity index (χ0n) is 12.0. The van der Waals surface area contributed by atoms with Crippen molar-refractivity contribution in [2.24, 2.45) is 23.7 Å². The molecule has 2 heteroatoms. The van der Waals surface area contributed by atoms with E-state index in [4.69, 9.17) is 4.74 Å². The molecule has 1 saturated heterocycles. The van der Waals surface area contributed by atoms with Crippen molar-refractivity contribution in [3.8, 4) is 0 Å². The molecular formula is C15H29NO. The van der Waals surface area contributed by atoms with E-state index in [-0.39, 0.29) is 0 Å². The summed E-state index contributed by atoms with van der Waals surface area (Å²) in [4.78, 5) is 2.62. The van der Waals surface area contributed by atoms with Crippen LogP contribution in [0.2, 0.25) is 0 Å². The topological polar surface area (TPSA) is 12.5 Å². The van der Waals surface area contributed by atoms with E-state index in [1.54, 1.807) is 0 Å². The predicted octanol–water partition coefficient (Wildman–Crippen LogP) is 3.03. The Balaban J connectivity index is 1.69. The van der Waals surface area contributed by atoms with Gasteiger partial charge in [-0.05, 0) is 50.4 Å². The number of hydrogen-bond donors (Lipinski definition) is 0. The molecule has 0 N–H and O–H groups in total. The maximum atomic E-state index is 5.64. The number of nitrogens with zero attached hydrogens (tertiary/aromatic N) is 1. The summed E-state index contributed by atoms with van der Waals surface area (Å²) in [6.45, 7) is 13.7. The van der Waals surface area contributed by atoms with Crippen LogP contribution in [0, 0.1) is 23.7 Å². The summed E-state index contributed by atoms with van der Waals surface area (Å²) < 4.78 is 5.64. The Kier molecular flexibility index (Phi) is 4.48. The highest BCUT2D eigenvalue weighted by Gasteiger charge is 2.41. The first-order valence-corrected chi connectivity index (χ1v) is 7.40. The molecule has 1 aliphatic heterocycles. The molecule has 1 heterocycles. The van der Waals surface area contributed by atoms with Gasteiger partial charge in [-0.3, -0.25) is 0 Å². The van der Waals surface area contributed by atoms with E-state index < -0.39 is 0 Å². The van der Waals surface area contributed by atoms with Crippen molar-refractivity contribution in [1.82, 2.24) is 4.90 Å². The molecule has 0 aromatic heterocycles. The molecule has 0 aromatic rings. The normalized spacial score (nSPS) is 33.9. The highest BCUT2D eigenvalue weighted by molar-refractivity contribution is 4.92. The van der Waals surface area contributed by atoms with E-state index in [1.807, 2.05) is 0 Å². The number of hydrogen-bond acceptors (Lipinski definition) is 2. The Hall–Kier alpha value is -0.0800. The molecule has 1 saturated carbocycles. The average Bonchev–Trinajstić information content (AvgIpc) is 2.73. The Bertz CT molecular complexity index is 225. The Morgan fingerprint density at radius 2 is 1.65 bits per heavy atom. The molecule has 0 bridgehead atoms. The van der Waals surface area contributed by atoms with E-state index in [0.717, 1.165) is 36.8 Å². The van der Waals surface area contributed by atoms with Gasteiger partial charge in [0.2, 0.25) is 0 Å². The monoisotopic (exact) mass is 239 g/mol. The van der Waals surface area contributed by atoms with Crippen molar-refractivity contribution >= 4 is 0 Å². The Labute approximate surface area is 107 Å². The van der Waals surface area contributed by atoms with Crippen LogP contribution in [0.4, 0.5) is 0 Å². The maximum absolute atomic E-state index is 5.64. The smallest absolute Gasteiger partial charge is 0.0596 e. The van der Waals surface area contributed by atoms with Gasteiger partial charge in [-0.1, -0.05) is 13.8 Å². The van der Waals surface area contributed by atoms with Gasteiger partial charge >= 0.3 is 0 Å². The fourth-order valence-corrected chi connectivity index (χ4v) is 3.59. The third-order valence-corrected chi connectivity index (χ3v) is 4.66. The largest absolute Gasteiger partial charge is 0.377 e. The van der Waals surface area contributed by atoms with Gasteiger partial charge in [0, 0.05) is 19.6 Å². The Morgan fingerprint density at radius 1 is 1.06 bits per heavy atom. The van der Waals surface area contributed by atoms with Crippen LogP contribution in [-0.2, 0) is 4.74 Å². The van der Waals surface area contributed by atoms with Gasteiger partial charge in [-0.2, -0.15) is 0 Å². The lowest BCUT2D eigenvalue weighted by molar-refractivity contribution is 0.0616. The van der Waals surface area contributed by atoms with Crippen LogP contribution in [0.25, 0.3) is 0 Å². The van der Waals surface area contributed by atoms with E-state index in [2.05, 4.69) is 32.6 Å². The lowest BCUT2D eigenvalue weighted by Gasteiger charge is -2.20. The van der Waals surface area contributed by atoms with Crippen LogP contribution < -0.4 is 0 Å². The van der Waals surface area contributed by atoms with Crippen LogP contribution in [0.15, 0.2) is 0 Å². The van der Waals surface area contributed by atoms with Crippen LogP contribution >= 0.6 is 0 Å². The first-order valence-electron chi connectivity index (χ1n) is 7.40. The summed E-state index contributed by atoms with van der Waals surface area (Å²) in [5.74, 6) is 3.86. The standard InChI is InChI=1S/C15H29NO/c1-11(2)13-7-14-9-16(10-15(14)8-13)5-6-17-12(3)4/h11-15H,5-10H2,1-4H3/t13-,14+,15-.